The fraction of sp³-hybridized carbons (Fsp3) is 0.125. The summed E-state index contributed by atoms with van der Waals surface area (Å²) in [6.45, 7) is 0. The fourth-order valence-corrected chi connectivity index (χ4v) is 2.21. The van der Waals surface area contributed by atoms with E-state index in [9.17, 15) is 0 Å². The summed E-state index contributed by atoms with van der Waals surface area (Å²) in [4.78, 5) is 9.01. The molecule has 5 nitrogen and oxygen atoms in total. The summed E-state index contributed by atoms with van der Waals surface area (Å²) < 4.78 is 10.6. The standard InChI is InChI=1S/C16H15N3O2/c1-20-10-7-8-14(21-2)11(9-10)15-16(17)19-13-6-4-3-5-12(13)18-15/h3-9H,1-2H3,(H2,17,19). The smallest absolute Gasteiger partial charge is 0.150 e. The molecule has 0 spiro atoms. The molecule has 1 aromatic heterocycles. The first kappa shape index (κ1) is 13.2. The highest BCUT2D eigenvalue weighted by molar-refractivity contribution is 5.84. The van der Waals surface area contributed by atoms with E-state index < -0.39 is 0 Å². The molecule has 0 atom stereocenters. The van der Waals surface area contributed by atoms with E-state index in [0.717, 1.165) is 16.6 Å². The predicted octanol–water partition coefficient (Wildman–Crippen LogP) is 2.90. The largest absolute Gasteiger partial charge is 0.497 e. The van der Waals surface area contributed by atoms with Gasteiger partial charge >= 0.3 is 0 Å². The van der Waals surface area contributed by atoms with Crippen LogP contribution in [0.4, 0.5) is 5.82 Å². The highest BCUT2D eigenvalue weighted by Gasteiger charge is 2.14. The second-order valence-electron chi connectivity index (χ2n) is 4.51. The molecule has 0 radical (unpaired) electrons. The number of ether oxygens (including phenoxy) is 2. The predicted molar refractivity (Wildman–Crippen MR) is 82.5 cm³/mol. The molecule has 3 rings (SSSR count). The van der Waals surface area contributed by atoms with Crippen LogP contribution in [0.25, 0.3) is 22.3 Å². The lowest BCUT2D eigenvalue weighted by Crippen LogP contribution is -2.00. The fourth-order valence-electron chi connectivity index (χ4n) is 2.21. The number of anilines is 1. The number of methoxy groups -OCH3 is 2. The number of hydrogen-bond acceptors (Lipinski definition) is 5. The number of aromatic nitrogens is 2. The molecule has 2 N–H and O–H groups in total. The zero-order valence-electron chi connectivity index (χ0n) is 11.8. The first-order valence-corrected chi connectivity index (χ1v) is 6.47. The minimum Gasteiger partial charge on any atom is -0.497 e. The van der Waals surface area contributed by atoms with Crippen LogP contribution in [-0.2, 0) is 0 Å². The molecule has 2 aromatic carbocycles. The third-order valence-electron chi connectivity index (χ3n) is 3.26. The molecule has 0 aliphatic rings. The van der Waals surface area contributed by atoms with Gasteiger partial charge in [-0.05, 0) is 30.3 Å². The SMILES string of the molecule is COc1ccc(OC)c(-c2nc3ccccc3nc2N)c1. The van der Waals surface area contributed by atoms with Crippen molar-refractivity contribution >= 4 is 16.9 Å². The Bertz CT molecular complexity index is 803. The number of nitrogens with zero attached hydrogens (tertiary/aromatic N) is 2. The summed E-state index contributed by atoms with van der Waals surface area (Å²) >= 11 is 0. The van der Waals surface area contributed by atoms with E-state index in [4.69, 9.17) is 15.2 Å². The van der Waals surface area contributed by atoms with E-state index in [-0.39, 0.29) is 0 Å². The highest BCUT2D eigenvalue weighted by atomic mass is 16.5. The Hall–Kier alpha value is -2.82. The van der Waals surface area contributed by atoms with Gasteiger partial charge in [-0.1, -0.05) is 12.1 Å². The van der Waals surface area contributed by atoms with Gasteiger partial charge in [0.15, 0.2) is 5.82 Å². The number of hydrogen-bond donors (Lipinski definition) is 1. The van der Waals surface area contributed by atoms with Gasteiger partial charge in [-0.15, -0.1) is 0 Å². The molecule has 5 heteroatoms. The van der Waals surface area contributed by atoms with E-state index in [1.54, 1.807) is 14.2 Å². The van der Waals surface area contributed by atoms with Crippen LogP contribution in [0, 0.1) is 0 Å². The quantitative estimate of drug-likeness (QED) is 0.799. The summed E-state index contributed by atoms with van der Waals surface area (Å²) in [5.41, 5.74) is 8.96. The maximum absolute atomic E-state index is 6.06. The van der Waals surface area contributed by atoms with Crippen LogP contribution in [0.5, 0.6) is 11.5 Å². The van der Waals surface area contributed by atoms with Crippen LogP contribution in [0.3, 0.4) is 0 Å². The molecule has 0 bridgehead atoms. The molecule has 3 aromatic rings. The second-order valence-corrected chi connectivity index (χ2v) is 4.51. The first-order valence-electron chi connectivity index (χ1n) is 6.47. The molecule has 0 fully saturated rings. The van der Waals surface area contributed by atoms with Crippen LogP contribution in [0.1, 0.15) is 0 Å². The van der Waals surface area contributed by atoms with E-state index in [0.29, 0.717) is 23.0 Å². The summed E-state index contributed by atoms with van der Waals surface area (Å²) in [6, 6.07) is 13.1. The average Bonchev–Trinajstić information content (AvgIpc) is 2.53. The first-order chi connectivity index (χ1) is 10.2. The van der Waals surface area contributed by atoms with Crippen molar-refractivity contribution in [1.82, 2.24) is 9.97 Å². The number of para-hydroxylation sites is 2. The zero-order valence-corrected chi connectivity index (χ0v) is 11.8. The van der Waals surface area contributed by atoms with Gasteiger partial charge in [0.2, 0.25) is 0 Å². The number of benzene rings is 2. The lowest BCUT2D eigenvalue weighted by Gasteiger charge is -2.12. The van der Waals surface area contributed by atoms with E-state index in [2.05, 4.69) is 9.97 Å². The van der Waals surface area contributed by atoms with Gasteiger partial charge in [-0.3, -0.25) is 0 Å². The molecular weight excluding hydrogens is 266 g/mol. The zero-order chi connectivity index (χ0) is 14.8. The summed E-state index contributed by atoms with van der Waals surface area (Å²) in [7, 11) is 3.22. The Morgan fingerprint density at radius 3 is 2.29 bits per heavy atom. The molecule has 0 saturated heterocycles. The van der Waals surface area contributed by atoms with Crippen molar-refractivity contribution in [3.8, 4) is 22.8 Å². The van der Waals surface area contributed by atoms with Gasteiger partial charge in [0, 0.05) is 5.56 Å². The molecule has 0 aliphatic heterocycles. The Balaban J connectivity index is 2.26. The second kappa shape index (κ2) is 5.28. The van der Waals surface area contributed by atoms with Crippen molar-refractivity contribution in [1.29, 1.82) is 0 Å². The Morgan fingerprint density at radius 2 is 1.62 bits per heavy atom. The molecule has 0 saturated carbocycles. The minimum absolute atomic E-state index is 0.361. The van der Waals surface area contributed by atoms with Crippen LogP contribution in [0.2, 0.25) is 0 Å². The average molecular weight is 281 g/mol. The van der Waals surface area contributed by atoms with Crippen LogP contribution in [0.15, 0.2) is 42.5 Å². The molecule has 1 heterocycles. The van der Waals surface area contributed by atoms with E-state index >= 15 is 0 Å². The molecule has 0 unspecified atom stereocenters. The molecule has 0 amide bonds. The van der Waals surface area contributed by atoms with Gasteiger partial charge in [0.1, 0.15) is 17.2 Å². The minimum atomic E-state index is 0.361. The van der Waals surface area contributed by atoms with Crippen molar-refractivity contribution in [2.24, 2.45) is 0 Å². The van der Waals surface area contributed by atoms with Gasteiger partial charge in [-0.25, -0.2) is 9.97 Å². The topological polar surface area (TPSA) is 70.3 Å². The Morgan fingerprint density at radius 1 is 0.905 bits per heavy atom. The monoisotopic (exact) mass is 281 g/mol. The van der Waals surface area contributed by atoms with Crippen molar-refractivity contribution in [3.63, 3.8) is 0 Å². The molecule has 0 aliphatic carbocycles. The summed E-state index contributed by atoms with van der Waals surface area (Å²) in [5, 5.41) is 0. The third kappa shape index (κ3) is 2.33. The van der Waals surface area contributed by atoms with Crippen molar-refractivity contribution in [2.45, 2.75) is 0 Å². The van der Waals surface area contributed by atoms with Gasteiger partial charge in [-0.2, -0.15) is 0 Å². The maximum Gasteiger partial charge on any atom is 0.150 e. The van der Waals surface area contributed by atoms with E-state index in [1.165, 1.54) is 0 Å². The molecule has 21 heavy (non-hydrogen) atoms. The van der Waals surface area contributed by atoms with Gasteiger partial charge in [0.25, 0.3) is 0 Å². The Labute approximate surface area is 122 Å². The van der Waals surface area contributed by atoms with Crippen molar-refractivity contribution in [2.75, 3.05) is 20.0 Å². The Kier molecular flexibility index (Phi) is 3.31. The highest BCUT2D eigenvalue weighted by Crippen LogP contribution is 2.35. The number of fused-ring (bicyclic) bond motifs is 1. The third-order valence-corrected chi connectivity index (χ3v) is 3.26. The van der Waals surface area contributed by atoms with Crippen LogP contribution >= 0.6 is 0 Å². The number of nitrogen functional groups attached to an aromatic ring is 1. The maximum atomic E-state index is 6.06. The van der Waals surface area contributed by atoms with Gasteiger partial charge < -0.3 is 15.2 Å². The van der Waals surface area contributed by atoms with Crippen LogP contribution < -0.4 is 15.2 Å². The molecule has 106 valence electrons. The lowest BCUT2D eigenvalue weighted by molar-refractivity contribution is 0.404. The lowest BCUT2D eigenvalue weighted by atomic mass is 10.1. The van der Waals surface area contributed by atoms with Crippen LogP contribution in [-0.4, -0.2) is 24.2 Å². The van der Waals surface area contributed by atoms with Gasteiger partial charge in [0.05, 0.1) is 25.3 Å². The summed E-state index contributed by atoms with van der Waals surface area (Å²) in [6.07, 6.45) is 0. The van der Waals surface area contributed by atoms with Crippen molar-refractivity contribution < 1.29 is 9.47 Å². The number of nitrogens with two attached hydrogens (primary N) is 1. The normalized spacial score (nSPS) is 10.6. The van der Waals surface area contributed by atoms with E-state index in [1.807, 2.05) is 42.5 Å². The summed E-state index contributed by atoms with van der Waals surface area (Å²) in [5.74, 6) is 1.74. The number of rotatable bonds is 3. The molecular formula is C16H15N3O2. The van der Waals surface area contributed by atoms with Crippen molar-refractivity contribution in [3.05, 3.63) is 42.5 Å².